The molecule has 2 nitrogen and oxygen atoms in total. The molecular weight excluding hydrogens is 300 g/mol. The molecule has 0 radical (unpaired) electrons. The van der Waals surface area contributed by atoms with Crippen molar-refractivity contribution < 1.29 is 0 Å². The van der Waals surface area contributed by atoms with E-state index in [4.69, 9.17) is 0 Å². The first kappa shape index (κ1) is 14.3. The van der Waals surface area contributed by atoms with Crippen LogP contribution in [0.3, 0.4) is 0 Å². The summed E-state index contributed by atoms with van der Waals surface area (Å²) < 4.78 is 0. The third kappa shape index (κ3) is 3.47. The van der Waals surface area contributed by atoms with Crippen molar-refractivity contribution in [2.45, 2.75) is 26.7 Å². The fourth-order valence-electron chi connectivity index (χ4n) is 2.35. The van der Waals surface area contributed by atoms with Crippen LogP contribution in [0.4, 0.5) is 5.69 Å². The molecule has 0 aliphatic heterocycles. The minimum absolute atomic E-state index is 0.992. The van der Waals surface area contributed by atoms with Gasteiger partial charge in [0.1, 0.15) is 0 Å². The summed E-state index contributed by atoms with van der Waals surface area (Å²) in [6.07, 6.45) is 2.45. The molecule has 0 aliphatic rings. The summed E-state index contributed by atoms with van der Waals surface area (Å²) in [5, 5.41) is 2.25. The van der Waals surface area contributed by atoms with Gasteiger partial charge in [-0.25, -0.2) is 0 Å². The predicted octanol–water partition coefficient (Wildman–Crippen LogP) is 4.54. The van der Waals surface area contributed by atoms with E-state index >= 15 is 0 Å². The van der Waals surface area contributed by atoms with Crippen LogP contribution in [0.1, 0.15) is 25.5 Å². The Labute approximate surface area is 124 Å². The second-order valence-electron chi connectivity index (χ2n) is 4.83. The fourth-order valence-corrected chi connectivity index (χ4v) is 2.78. The van der Waals surface area contributed by atoms with Gasteiger partial charge in [-0.2, -0.15) is 0 Å². The average Bonchev–Trinajstić information content (AvgIpc) is 2.42. The summed E-state index contributed by atoms with van der Waals surface area (Å²) in [6, 6.07) is 10.6. The molecule has 0 spiro atoms. The fraction of sp³-hybridized carbons (Fsp3) is 0.438. The quantitative estimate of drug-likeness (QED) is 0.726. The van der Waals surface area contributed by atoms with Crippen LogP contribution < -0.4 is 4.90 Å². The van der Waals surface area contributed by atoms with E-state index in [1.54, 1.807) is 0 Å². The van der Waals surface area contributed by atoms with Crippen LogP contribution in [-0.2, 0) is 0 Å². The second kappa shape index (κ2) is 6.90. The maximum absolute atomic E-state index is 4.62. The Kier molecular flexibility index (Phi) is 5.20. The maximum atomic E-state index is 4.62. The van der Waals surface area contributed by atoms with Gasteiger partial charge in [0.25, 0.3) is 0 Å². The van der Waals surface area contributed by atoms with Crippen molar-refractivity contribution in [2.24, 2.45) is 0 Å². The molecule has 0 saturated heterocycles. The summed E-state index contributed by atoms with van der Waals surface area (Å²) in [5.41, 5.74) is 3.49. The molecule has 0 saturated carbocycles. The van der Waals surface area contributed by atoms with E-state index in [1.165, 1.54) is 23.9 Å². The summed E-state index contributed by atoms with van der Waals surface area (Å²) in [7, 11) is 0. The first-order chi connectivity index (χ1) is 9.26. The topological polar surface area (TPSA) is 16.1 Å². The molecule has 0 amide bonds. The van der Waals surface area contributed by atoms with Crippen molar-refractivity contribution in [1.29, 1.82) is 0 Å². The summed E-state index contributed by atoms with van der Waals surface area (Å²) in [4.78, 5) is 7.09. The predicted molar refractivity (Wildman–Crippen MR) is 87.4 cm³/mol. The molecule has 3 heteroatoms. The number of aryl methyl sites for hydroxylation is 1. The molecule has 0 N–H and O–H groups in total. The standard InChI is InChI=1S/C16H21BrN2/c1-3-4-10-19(11-9-17)16-12-13(2)18-15-8-6-5-7-14(15)16/h5-8,12H,3-4,9-11H2,1-2H3. The van der Waals surface area contributed by atoms with Crippen molar-refractivity contribution in [3.05, 3.63) is 36.0 Å². The third-order valence-corrected chi connectivity index (χ3v) is 3.65. The van der Waals surface area contributed by atoms with Gasteiger partial charge in [0.05, 0.1) is 5.52 Å². The maximum Gasteiger partial charge on any atom is 0.0726 e. The molecule has 0 aliphatic carbocycles. The summed E-state index contributed by atoms with van der Waals surface area (Å²) >= 11 is 3.56. The lowest BCUT2D eigenvalue weighted by Gasteiger charge is -2.25. The Hall–Kier alpha value is -1.09. The number of alkyl halides is 1. The smallest absolute Gasteiger partial charge is 0.0726 e. The van der Waals surface area contributed by atoms with E-state index in [2.05, 4.69) is 70.0 Å². The highest BCUT2D eigenvalue weighted by molar-refractivity contribution is 9.09. The largest absolute Gasteiger partial charge is 0.370 e. The highest BCUT2D eigenvalue weighted by atomic mass is 79.9. The zero-order valence-corrected chi connectivity index (χ0v) is 13.3. The Morgan fingerprint density at radius 3 is 2.74 bits per heavy atom. The van der Waals surface area contributed by atoms with E-state index < -0.39 is 0 Å². The number of hydrogen-bond donors (Lipinski definition) is 0. The number of pyridine rings is 1. The van der Waals surface area contributed by atoms with Crippen LogP contribution in [0, 0.1) is 6.92 Å². The Balaban J connectivity index is 2.45. The van der Waals surface area contributed by atoms with E-state index in [-0.39, 0.29) is 0 Å². The van der Waals surface area contributed by atoms with Gasteiger partial charge in [-0.1, -0.05) is 47.5 Å². The highest BCUT2D eigenvalue weighted by Crippen LogP contribution is 2.27. The molecule has 2 aromatic rings. The molecule has 19 heavy (non-hydrogen) atoms. The van der Waals surface area contributed by atoms with E-state index in [9.17, 15) is 0 Å². The summed E-state index contributed by atoms with van der Waals surface area (Å²) in [6.45, 7) is 6.45. The van der Waals surface area contributed by atoms with Gasteiger partial charge in [-0.3, -0.25) is 4.98 Å². The van der Waals surface area contributed by atoms with Gasteiger partial charge in [-0.15, -0.1) is 0 Å². The van der Waals surface area contributed by atoms with E-state index in [0.717, 1.165) is 29.6 Å². The number of benzene rings is 1. The first-order valence-electron chi connectivity index (χ1n) is 6.93. The van der Waals surface area contributed by atoms with Gasteiger partial charge in [0, 0.05) is 35.2 Å². The summed E-state index contributed by atoms with van der Waals surface area (Å²) in [5.74, 6) is 0. The van der Waals surface area contributed by atoms with Crippen LogP contribution in [0.2, 0.25) is 0 Å². The molecule has 1 heterocycles. The van der Waals surface area contributed by atoms with Crippen molar-refractivity contribution in [3.63, 3.8) is 0 Å². The van der Waals surface area contributed by atoms with Crippen molar-refractivity contribution in [1.82, 2.24) is 4.98 Å². The molecule has 1 aromatic carbocycles. The minimum atomic E-state index is 0.992. The zero-order chi connectivity index (χ0) is 13.7. The number of halogens is 1. The van der Waals surface area contributed by atoms with Gasteiger partial charge in [0.2, 0.25) is 0 Å². The Morgan fingerprint density at radius 1 is 1.21 bits per heavy atom. The lowest BCUT2D eigenvalue weighted by atomic mass is 10.1. The molecule has 102 valence electrons. The number of hydrogen-bond acceptors (Lipinski definition) is 2. The van der Waals surface area contributed by atoms with Gasteiger partial charge in [-0.05, 0) is 25.5 Å². The van der Waals surface area contributed by atoms with Crippen LogP contribution in [0.25, 0.3) is 10.9 Å². The number of unbranched alkanes of at least 4 members (excludes halogenated alkanes) is 1. The molecule has 0 unspecified atom stereocenters. The highest BCUT2D eigenvalue weighted by Gasteiger charge is 2.10. The molecule has 0 bridgehead atoms. The molecule has 1 aromatic heterocycles. The second-order valence-corrected chi connectivity index (χ2v) is 5.62. The van der Waals surface area contributed by atoms with Gasteiger partial charge < -0.3 is 4.90 Å². The Morgan fingerprint density at radius 2 is 2.00 bits per heavy atom. The van der Waals surface area contributed by atoms with Crippen molar-refractivity contribution >= 4 is 32.5 Å². The lowest BCUT2D eigenvalue weighted by molar-refractivity contribution is 0.737. The number of para-hydroxylation sites is 1. The monoisotopic (exact) mass is 320 g/mol. The van der Waals surface area contributed by atoms with E-state index in [0.29, 0.717) is 0 Å². The molecule has 0 fully saturated rings. The first-order valence-corrected chi connectivity index (χ1v) is 8.05. The zero-order valence-electron chi connectivity index (χ0n) is 11.7. The lowest BCUT2D eigenvalue weighted by Crippen LogP contribution is -2.26. The third-order valence-electron chi connectivity index (χ3n) is 3.30. The van der Waals surface area contributed by atoms with Crippen molar-refractivity contribution in [3.8, 4) is 0 Å². The van der Waals surface area contributed by atoms with Crippen LogP contribution >= 0.6 is 15.9 Å². The number of fused-ring (bicyclic) bond motifs is 1. The van der Waals surface area contributed by atoms with Gasteiger partial charge >= 0.3 is 0 Å². The number of anilines is 1. The van der Waals surface area contributed by atoms with Crippen LogP contribution in [-0.4, -0.2) is 23.4 Å². The number of rotatable bonds is 6. The average molecular weight is 321 g/mol. The number of nitrogens with zero attached hydrogens (tertiary/aromatic N) is 2. The van der Waals surface area contributed by atoms with Crippen LogP contribution in [0.15, 0.2) is 30.3 Å². The SMILES string of the molecule is CCCCN(CCBr)c1cc(C)nc2ccccc12. The van der Waals surface area contributed by atoms with E-state index in [1.807, 2.05) is 0 Å². The Bertz CT molecular complexity index is 539. The number of aromatic nitrogens is 1. The molecule has 2 rings (SSSR count). The normalized spacial score (nSPS) is 10.9. The van der Waals surface area contributed by atoms with Gasteiger partial charge in [0.15, 0.2) is 0 Å². The molecule has 0 atom stereocenters. The minimum Gasteiger partial charge on any atom is -0.370 e. The van der Waals surface area contributed by atoms with Crippen LogP contribution in [0.5, 0.6) is 0 Å². The molecular formula is C16H21BrN2. The van der Waals surface area contributed by atoms with Crippen molar-refractivity contribution in [2.75, 3.05) is 23.3 Å².